The second-order valence-corrected chi connectivity index (χ2v) is 3.15. The van der Waals surface area contributed by atoms with Gasteiger partial charge in [0, 0.05) is 5.54 Å². The Morgan fingerprint density at radius 3 is 2.27 bits per heavy atom. The number of hydrogen-bond acceptors (Lipinski definition) is 2. The van der Waals surface area contributed by atoms with Crippen LogP contribution in [-0.4, -0.2) is 24.3 Å². The molecule has 1 atom stereocenters. The lowest BCUT2D eigenvalue weighted by Crippen LogP contribution is -2.45. The fourth-order valence-corrected chi connectivity index (χ4v) is 1.26. The summed E-state index contributed by atoms with van der Waals surface area (Å²) >= 11 is 0. The van der Waals surface area contributed by atoms with Crippen molar-refractivity contribution in [1.29, 1.82) is 0 Å². The van der Waals surface area contributed by atoms with Crippen LogP contribution in [0.2, 0.25) is 0 Å². The number of likely N-dealkylation sites (N-methyl/N-ethyl adjacent to an activating group) is 1. The highest BCUT2D eigenvalue weighted by molar-refractivity contribution is 4.83. The summed E-state index contributed by atoms with van der Waals surface area (Å²) in [5.41, 5.74) is -0.0178. The van der Waals surface area contributed by atoms with Crippen LogP contribution in [0.5, 0.6) is 0 Å². The Hall–Kier alpha value is -0.0800. The quantitative estimate of drug-likeness (QED) is 0.616. The first-order valence-electron chi connectivity index (χ1n) is 4.54. The normalized spacial score (nSPS) is 16.4. The van der Waals surface area contributed by atoms with Gasteiger partial charge in [0.1, 0.15) is 0 Å². The minimum Gasteiger partial charge on any atom is -0.394 e. The maximum absolute atomic E-state index is 9.14. The van der Waals surface area contributed by atoms with Crippen molar-refractivity contribution in [2.24, 2.45) is 0 Å². The van der Waals surface area contributed by atoms with Crippen LogP contribution in [-0.2, 0) is 0 Å². The number of nitrogens with one attached hydrogen (secondary N) is 1. The van der Waals surface area contributed by atoms with E-state index in [9.17, 15) is 0 Å². The van der Waals surface area contributed by atoms with Crippen molar-refractivity contribution in [2.75, 3.05) is 13.7 Å². The van der Waals surface area contributed by atoms with Gasteiger partial charge in [0.2, 0.25) is 0 Å². The predicted molar refractivity (Wildman–Crippen MR) is 48.7 cm³/mol. The molecule has 0 aliphatic heterocycles. The SMILES string of the molecule is CCCCC(CC)(CO)NC. The van der Waals surface area contributed by atoms with Gasteiger partial charge < -0.3 is 10.4 Å². The molecule has 0 fully saturated rings. The Labute approximate surface area is 70.0 Å². The number of rotatable bonds is 6. The van der Waals surface area contributed by atoms with Crippen molar-refractivity contribution in [3.8, 4) is 0 Å². The lowest BCUT2D eigenvalue weighted by atomic mass is 9.91. The first-order chi connectivity index (χ1) is 5.24. The molecule has 0 aromatic rings. The van der Waals surface area contributed by atoms with E-state index in [2.05, 4.69) is 19.2 Å². The highest BCUT2D eigenvalue weighted by Gasteiger charge is 2.23. The standard InChI is InChI=1S/C9H21NO/c1-4-6-7-9(5-2,8-11)10-3/h10-11H,4-8H2,1-3H3. The molecule has 68 valence electrons. The molecule has 0 spiro atoms. The maximum atomic E-state index is 9.14. The van der Waals surface area contributed by atoms with Gasteiger partial charge in [0.15, 0.2) is 0 Å². The second kappa shape index (κ2) is 5.56. The molecular weight excluding hydrogens is 138 g/mol. The Morgan fingerprint density at radius 2 is 2.00 bits per heavy atom. The van der Waals surface area contributed by atoms with Crippen molar-refractivity contribution >= 4 is 0 Å². The lowest BCUT2D eigenvalue weighted by Gasteiger charge is -2.30. The van der Waals surface area contributed by atoms with Gasteiger partial charge in [-0.15, -0.1) is 0 Å². The van der Waals surface area contributed by atoms with Crippen LogP contribution in [0.3, 0.4) is 0 Å². The van der Waals surface area contributed by atoms with Crippen LogP contribution in [0.15, 0.2) is 0 Å². The largest absolute Gasteiger partial charge is 0.394 e. The summed E-state index contributed by atoms with van der Waals surface area (Å²) in [6, 6.07) is 0. The molecule has 0 saturated carbocycles. The van der Waals surface area contributed by atoms with E-state index in [1.807, 2.05) is 7.05 Å². The van der Waals surface area contributed by atoms with E-state index in [4.69, 9.17) is 5.11 Å². The molecule has 0 aromatic heterocycles. The van der Waals surface area contributed by atoms with E-state index in [0.29, 0.717) is 0 Å². The molecule has 0 aromatic carbocycles. The van der Waals surface area contributed by atoms with E-state index in [0.717, 1.165) is 12.8 Å². The van der Waals surface area contributed by atoms with Crippen LogP contribution >= 0.6 is 0 Å². The van der Waals surface area contributed by atoms with Gasteiger partial charge >= 0.3 is 0 Å². The Morgan fingerprint density at radius 1 is 1.36 bits per heavy atom. The Kier molecular flexibility index (Phi) is 5.51. The number of hydrogen-bond donors (Lipinski definition) is 2. The van der Waals surface area contributed by atoms with Gasteiger partial charge in [-0.1, -0.05) is 26.7 Å². The fourth-order valence-electron chi connectivity index (χ4n) is 1.26. The lowest BCUT2D eigenvalue weighted by molar-refractivity contribution is 0.152. The molecular formula is C9H21NO. The molecule has 0 heterocycles. The number of aliphatic hydroxyl groups excluding tert-OH is 1. The first kappa shape index (κ1) is 10.9. The number of aliphatic hydroxyl groups is 1. The summed E-state index contributed by atoms with van der Waals surface area (Å²) in [6.45, 7) is 4.54. The molecule has 2 heteroatoms. The predicted octanol–water partition coefficient (Wildman–Crippen LogP) is 1.54. The zero-order valence-corrected chi connectivity index (χ0v) is 7.98. The molecule has 0 bridgehead atoms. The molecule has 0 radical (unpaired) electrons. The third-order valence-electron chi connectivity index (χ3n) is 2.52. The molecule has 0 rings (SSSR count). The zero-order chi connectivity index (χ0) is 8.74. The third-order valence-corrected chi connectivity index (χ3v) is 2.52. The summed E-state index contributed by atoms with van der Waals surface area (Å²) in [6.07, 6.45) is 4.46. The molecule has 0 amide bonds. The molecule has 0 aliphatic carbocycles. The van der Waals surface area contributed by atoms with E-state index < -0.39 is 0 Å². The number of unbranched alkanes of at least 4 members (excludes halogenated alkanes) is 1. The average molecular weight is 159 g/mol. The van der Waals surface area contributed by atoms with Crippen LogP contribution < -0.4 is 5.32 Å². The Bertz CT molecular complexity index is 81.3. The molecule has 0 aliphatic rings. The van der Waals surface area contributed by atoms with Gasteiger partial charge in [-0.2, -0.15) is 0 Å². The topological polar surface area (TPSA) is 32.3 Å². The summed E-state index contributed by atoms with van der Waals surface area (Å²) < 4.78 is 0. The zero-order valence-electron chi connectivity index (χ0n) is 7.98. The first-order valence-corrected chi connectivity index (χ1v) is 4.54. The van der Waals surface area contributed by atoms with Crippen LogP contribution in [0, 0.1) is 0 Å². The summed E-state index contributed by atoms with van der Waals surface area (Å²) in [5, 5.41) is 12.3. The molecule has 2 N–H and O–H groups in total. The second-order valence-electron chi connectivity index (χ2n) is 3.15. The maximum Gasteiger partial charge on any atom is 0.0613 e. The van der Waals surface area contributed by atoms with Gasteiger partial charge in [0.05, 0.1) is 6.61 Å². The highest BCUT2D eigenvalue weighted by atomic mass is 16.3. The van der Waals surface area contributed by atoms with E-state index in [1.54, 1.807) is 0 Å². The van der Waals surface area contributed by atoms with Crippen molar-refractivity contribution in [2.45, 2.75) is 45.1 Å². The smallest absolute Gasteiger partial charge is 0.0613 e. The molecule has 2 nitrogen and oxygen atoms in total. The van der Waals surface area contributed by atoms with Crippen molar-refractivity contribution < 1.29 is 5.11 Å². The van der Waals surface area contributed by atoms with Crippen LogP contribution in [0.1, 0.15) is 39.5 Å². The van der Waals surface area contributed by atoms with Gasteiger partial charge in [-0.05, 0) is 19.9 Å². The van der Waals surface area contributed by atoms with Crippen molar-refractivity contribution in [3.63, 3.8) is 0 Å². The summed E-state index contributed by atoms with van der Waals surface area (Å²) in [5.74, 6) is 0. The molecule has 11 heavy (non-hydrogen) atoms. The van der Waals surface area contributed by atoms with Gasteiger partial charge in [-0.3, -0.25) is 0 Å². The summed E-state index contributed by atoms with van der Waals surface area (Å²) in [7, 11) is 1.93. The van der Waals surface area contributed by atoms with Crippen molar-refractivity contribution in [3.05, 3.63) is 0 Å². The minimum atomic E-state index is -0.0178. The van der Waals surface area contributed by atoms with Crippen LogP contribution in [0.25, 0.3) is 0 Å². The van der Waals surface area contributed by atoms with Crippen LogP contribution in [0.4, 0.5) is 0 Å². The van der Waals surface area contributed by atoms with E-state index >= 15 is 0 Å². The average Bonchev–Trinajstić information content (AvgIpc) is 2.08. The highest BCUT2D eigenvalue weighted by Crippen LogP contribution is 2.16. The Balaban J connectivity index is 3.84. The monoisotopic (exact) mass is 159 g/mol. The van der Waals surface area contributed by atoms with E-state index in [-0.39, 0.29) is 12.1 Å². The van der Waals surface area contributed by atoms with Gasteiger partial charge in [0.25, 0.3) is 0 Å². The minimum absolute atomic E-state index is 0.0178. The van der Waals surface area contributed by atoms with Gasteiger partial charge in [-0.25, -0.2) is 0 Å². The van der Waals surface area contributed by atoms with E-state index in [1.165, 1.54) is 12.8 Å². The third kappa shape index (κ3) is 3.21. The fraction of sp³-hybridized carbons (Fsp3) is 1.00. The molecule has 0 saturated heterocycles. The van der Waals surface area contributed by atoms with Crippen molar-refractivity contribution in [1.82, 2.24) is 5.32 Å². The molecule has 1 unspecified atom stereocenters. The summed E-state index contributed by atoms with van der Waals surface area (Å²) in [4.78, 5) is 0.